The highest BCUT2D eigenvalue weighted by Gasteiger charge is 2.08. The summed E-state index contributed by atoms with van der Waals surface area (Å²) < 4.78 is 4.91. The maximum atomic E-state index is 9.77. The average molecular weight is 192 g/mol. The molecule has 0 bridgehead atoms. The molecule has 1 aromatic carbocycles. The molecule has 0 radical (unpaired) electrons. The number of methoxy groups -OCH3 is 1. The van der Waals surface area contributed by atoms with Gasteiger partial charge < -0.3 is 9.84 Å². The van der Waals surface area contributed by atoms with Crippen LogP contribution in [0.5, 0.6) is 0 Å². The summed E-state index contributed by atoms with van der Waals surface area (Å²) in [5.74, 6) is 0.595. The number of aliphatic hydroxyl groups is 1. The third kappa shape index (κ3) is 2.89. The molecule has 76 valence electrons. The van der Waals surface area contributed by atoms with E-state index < -0.39 is 6.10 Å². The Morgan fingerprint density at radius 1 is 1.43 bits per heavy atom. The molecule has 0 aliphatic carbocycles. The van der Waals surface area contributed by atoms with Crippen molar-refractivity contribution in [1.82, 2.24) is 0 Å². The highest BCUT2D eigenvalue weighted by molar-refractivity contribution is 5.23. The van der Waals surface area contributed by atoms with Crippen LogP contribution in [-0.4, -0.2) is 12.2 Å². The van der Waals surface area contributed by atoms with E-state index >= 15 is 0 Å². The van der Waals surface area contributed by atoms with Crippen molar-refractivity contribution < 1.29 is 9.84 Å². The van der Waals surface area contributed by atoms with Gasteiger partial charge in [0.2, 0.25) is 0 Å². The lowest BCUT2D eigenvalue weighted by atomic mass is 10.0. The van der Waals surface area contributed by atoms with Crippen molar-refractivity contribution in [3.8, 4) is 0 Å². The van der Waals surface area contributed by atoms with Gasteiger partial charge in [-0.05, 0) is 12.5 Å². The fourth-order valence-corrected chi connectivity index (χ4v) is 1.21. The van der Waals surface area contributed by atoms with Crippen molar-refractivity contribution in [2.24, 2.45) is 0 Å². The monoisotopic (exact) mass is 192 g/mol. The van der Waals surface area contributed by atoms with Gasteiger partial charge in [0.1, 0.15) is 0 Å². The van der Waals surface area contributed by atoms with Crippen molar-refractivity contribution in [1.29, 1.82) is 0 Å². The summed E-state index contributed by atoms with van der Waals surface area (Å²) >= 11 is 0. The standard InChI is InChI=1S/C12H16O2/c1-9-4-6-11(7-5-9)12(13)8-10(2)14-3/h4-7,12-13H,2,8H2,1,3H3/t12-/m0/s1. The van der Waals surface area contributed by atoms with E-state index in [0.717, 1.165) is 5.56 Å². The molecule has 0 heterocycles. The van der Waals surface area contributed by atoms with Crippen LogP contribution in [0, 0.1) is 6.92 Å². The molecule has 14 heavy (non-hydrogen) atoms. The molecule has 1 aromatic rings. The van der Waals surface area contributed by atoms with Gasteiger partial charge in [0.25, 0.3) is 0 Å². The van der Waals surface area contributed by atoms with Crippen LogP contribution in [0.25, 0.3) is 0 Å². The highest BCUT2D eigenvalue weighted by atomic mass is 16.5. The molecule has 0 saturated carbocycles. The number of aliphatic hydroxyl groups excluding tert-OH is 1. The van der Waals surface area contributed by atoms with E-state index in [9.17, 15) is 5.11 Å². The molecule has 0 aliphatic rings. The Hall–Kier alpha value is -1.28. The summed E-state index contributed by atoms with van der Waals surface area (Å²) in [5.41, 5.74) is 2.08. The van der Waals surface area contributed by atoms with Crippen molar-refractivity contribution >= 4 is 0 Å². The van der Waals surface area contributed by atoms with E-state index in [1.165, 1.54) is 5.56 Å². The lowest BCUT2D eigenvalue weighted by molar-refractivity contribution is 0.150. The summed E-state index contributed by atoms with van der Waals surface area (Å²) in [5, 5.41) is 9.77. The summed E-state index contributed by atoms with van der Waals surface area (Å²) in [4.78, 5) is 0. The first-order valence-corrected chi connectivity index (χ1v) is 4.60. The van der Waals surface area contributed by atoms with Crippen LogP contribution in [0.3, 0.4) is 0 Å². The van der Waals surface area contributed by atoms with Gasteiger partial charge in [0, 0.05) is 6.42 Å². The molecule has 1 N–H and O–H groups in total. The molecule has 0 aromatic heterocycles. The summed E-state index contributed by atoms with van der Waals surface area (Å²) in [6.45, 7) is 5.69. The topological polar surface area (TPSA) is 29.5 Å². The van der Waals surface area contributed by atoms with Crippen molar-refractivity contribution in [2.45, 2.75) is 19.4 Å². The van der Waals surface area contributed by atoms with Crippen LogP contribution >= 0.6 is 0 Å². The maximum Gasteiger partial charge on any atom is 0.0913 e. The van der Waals surface area contributed by atoms with Crippen LogP contribution in [0.1, 0.15) is 23.7 Å². The minimum Gasteiger partial charge on any atom is -0.502 e. The van der Waals surface area contributed by atoms with E-state index in [2.05, 4.69) is 6.58 Å². The Kier molecular flexibility index (Phi) is 3.72. The molecular weight excluding hydrogens is 176 g/mol. The molecule has 0 amide bonds. The Labute approximate surface area is 84.8 Å². The summed E-state index contributed by atoms with van der Waals surface area (Å²) in [7, 11) is 1.56. The Balaban J connectivity index is 2.65. The molecule has 0 unspecified atom stereocenters. The van der Waals surface area contributed by atoms with Crippen molar-refractivity contribution in [3.63, 3.8) is 0 Å². The van der Waals surface area contributed by atoms with Crippen LogP contribution in [0.4, 0.5) is 0 Å². The molecular formula is C12H16O2. The molecule has 0 fully saturated rings. The zero-order valence-electron chi connectivity index (χ0n) is 8.66. The number of aryl methyl sites for hydroxylation is 1. The van der Waals surface area contributed by atoms with Gasteiger partial charge >= 0.3 is 0 Å². The summed E-state index contributed by atoms with van der Waals surface area (Å²) in [6.07, 6.45) is -0.0809. The Morgan fingerprint density at radius 2 is 2.00 bits per heavy atom. The largest absolute Gasteiger partial charge is 0.502 e. The third-order valence-corrected chi connectivity index (χ3v) is 2.17. The predicted molar refractivity (Wildman–Crippen MR) is 56.9 cm³/mol. The third-order valence-electron chi connectivity index (χ3n) is 2.17. The quantitative estimate of drug-likeness (QED) is 0.743. The maximum absolute atomic E-state index is 9.77. The fourth-order valence-electron chi connectivity index (χ4n) is 1.21. The second kappa shape index (κ2) is 4.82. The van der Waals surface area contributed by atoms with Crippen LogP contribution < -0.4 is 0 Å². The van der Waals surface area contributed by atoms with Crippen molar-refractivity contribution in [2.75, 3.05) is 7.11 Å². The fraction of sp³-hybridized carbons (Fsp3) is 0.333. The van der Waals surface area contributed by atoms with Gasteiger partial charge in [0.15, 0.2) is 0 Å². The predicted octanol–water partition coefficient (Wildman–Crippen LogP) is 2.58. The molecule has 1 rings (SSSR count). The van der Waals surface area contributed by atoms with Gasteiger partial charge in [-0.3, -0.25) is 0 Å². The van der Waals surface area contributed by atoms with Gasteiger partial charge in [0.05, 0.1) is 19.0 Å². The van der Waals surface area contributed by atoms with Crippen LogP contribution in [0.2, 0.25) is 0 Å². The highest BCUT2D eigenvalue weighted by Crippen LogP contribution is 2.20. The zero-order valence-corrected chi connectivity index (χ0v) is 8.66. The second-order valence-electron chi connectivity index (χ2n) is 3.37. The van der Waals surface area contributed by atoms with Crippen LogP contribution in [-0.2, 0) is 4.74 Å². The first-order valence-electron chi connectivity index (χ1n) is 4.60. The average Bonchev–Trinajstić information content (AvgIpc) is 2.18. The lowest BCUT2D eigenvalue weighted by Gasteiger charge is -2.12. The molecule has 0 spiro atoms. The molecule has 0 saturated heterocycles. The second-order valence-corrected chi connectivity index (χ2v) is 3.37. The summed E-state index contributed by atoms with van der Waals surface area (Å²) in [6, 6.07) is 7.80. The minimum absolute atomic E-state index is 0.444. The first kappa shape index (κ1) is 10.8. The molecule has 1 atom stereocenters. The van der Waals surface area contributed by atoms with Gasteiger partial charge in [-0.15, -0.1) is 0 Å². The minimum atomic E-state index is -0.525. The normalized spacial score (nSPS) is 12.2. The lowest BCUT2D eigenvalue weighted by Crippen LogP contribution is -1.99. The van der Waals surface area contributed by atoms with Gasteiger partial charge in [-0.2, -0.15) is 0 Å². The molecule has 0 aliphatic heterocycles. The van der Waals surface area contributed by atoms with Crippen LogP contribution in [0.15, 0.2) is 36.6 Å². The Morgan fingerprint density at radius 3 is 2.50 bits per heavy atom. The van der Waals surface area contributed by atoms with E-state index in [1.54, 1.807) is 7.11 Å². The van der Waals surface area contributed by atoms with E-state index in [0.29, 0.717) is 12.2 Å². The Bertz CT molecular complexity index is 301. The molecule has 2 nitrogen and oxygen atoms in total. The van der Waals surface area contributed by atoms with E-state index in [-0.39, 0.29) is 0 Å². The van der Waals surface area contributed by atoms with E-state index in [1.807, 2.05) is 31.2 Å². The zero-order chi connectivity index (χ0) is 10.6. The number of hydrogen-bond donors (Lipinski definition) is 1. The SMILES string of the molecule is C=C(C[C@H](O)c1ccc(C)cc1)OC. The molecule has 2 heteroatoms. The van der Waals surface area contributed by atoms with Gasteiger partial charge in [-0.1, -0.05) is 36.4 Å². The number of ether oxygens (including phenoxy) is 1. The number of rotatable bonds is 4. The number of benzene rings is 1. The first-order chi connectivity index (χ1) is 6.63. The smallest absolute Gasteiger partial charge is 0.0913 e. The number of hydrogen-bond acceptors (Lipinski definition) is 2. The van der Waals surface area contributed by atoms with Crippen molar-refractivity contribution in [3.05, 3.63) is 47.7 Å². The van der Waals surface area contributed by atoms with E-state index in [4.69, 9.17) is 4.74 Å². The van der Waals surface area contributed by atoms with Gasteiger partial charge in [-0.25, -0.2) is 0 Å².